The summed E-state index contributed by atoms with van der Waals surface area (Å²) in [4.78, 5) is 14.8. The molecule has 0 spiro atoms. The lowest BCUT2D eigenvalue weighted by molar-refractivity contribution is 0.102. The summed E-state index contributed by atoms with van der Waals surface area (Å²) in [6.45, 7) is 1.57. The van der Waals surface area contributed by atoms with Crippen molar-refractivity contribution >= 4 is 11.6 Å². The van der Waals surface area contributed by atoms with Crippen LogP contribution in [0.1, 0.15) is 16.8 Å². The first-order valence-corrected chi connectivity index (χ1v) is 9.47. The van der Waals surface area contributed by atoms with Gasteiger partial charge in [-0.3, -0.25) is 4.79 Å². The number of amides is 1. The van der Waals surface area contributed by atoms with E-state index in [1.807, 2.05) is 80.8 Å². The highest BCUT2D eigenvalue weighted by molar-refractivity contribution is 6.05. The van der Waals surface area contributed by atoms with Crippen LogP contribution in [0.2, 0.25) is 0 Å². The monoisotopic (exact) mass is 374 g/mol. The summed E-state index contributed by atoms with van der Waals surface area (Å²) < 4.78 is 5.86. The van der Waals surface area contributed by atoms with Crippen LogP contribution in [-0.4, -0.2) is 38.1 Å². The predicted octanol–water partition coefficient (Wildman–Crippen LogP) is 4.94. The van der Waals surface area contributed by atoms with Gasteiger partial charge in [0.15, 0.2) is 0 Å². The number of carbonyl (C=O) groups is 1. The van der Waals surface area contributed by atoms with Crippen LogP contribution in [0.4, 0.5) is 5.69 Å². The van der Waals surface area contributed by atoms with Crippen molar-refractivity contribution in [2.75, 3.05) is 32.6 Å². The molecule has 0 fully saturated rings. The van der Waals surface area contributed by atoms with E-state index in [2.05, 4.69) is 22.3 Å². The molecular formula is C24H26N2O2. The third-order valence-corrected chi connectivity index (χ3v) is 4.40. The van der Waals surface area contributed by atoms with Crippen LogP contribution in [0.25, 0.3) is 11.1 Å². The quantitative estimate of drug-likeness (QED) is 0.568. The molecule has 4 nitrogen and oxygen atoms in total. The fraction of sp³-hybridized carbons (Fsp3) is 0.208. The second-order valence-electron chi connectivity index (χ2n) is 6.90. The zero-order chi connectivity index (χ0) is 19.8. The van der Waals surface area contributed by atoms with Crippen LogP contribution >= 0.6 is 0 Å². The van der Waals surface area contributed by atoms with E-state index in [0.717, 1.165) is 24.1 Å². The standard InChI is InChI=1S/C24H26N2O2/c1-26(2)17-8-18-28-23-12-7-6-11-22(23)25-24(27)21-15-13-20(14-16-21)19-9-4-3-5-10-19/h3-7,9-16H,8,17-18H2,1-2H3,(H,25,27). The number of ether oxygens (including phenoxy) is 1. The Bertz CT molecular complexity index is 890. The van der Waals surface area contributed by atoms with E-state index >= 15 is 0 Å². The van der Waals surface area contributed by atoms with Crippen molar-refractivity contribution < 1.29 is 9.53 Å². The van der Waals surface area contributed by atoms with E-state index < -0.39 is 0 Å². The fourth-order valence-electron chi connectivity index (χ4n) is 2.90. The smallest absolute Gasteiger partial charge is 0.255 e. The Hall–Kier alpha value is -3.11. The van der Waals surface area contributed by atoms with Crippen LogP contribution in [-0.2, 0) is 0 Å². The van der Waals surface area contributed by atoms with Gasteiger partial charge in [0, 0.05) is 12.1 Å². The molecule has 1 N–H and O–H groups in total. The van der Waals surface area contributed by atoms with Gasteiger partial charge in [-0.25, -0.2) is 0 Å². The summed E-state index contributed by atoms with van der Waals surface area (Å²) in [6.07, 6.45) is 0.927. The summed E-state index contributed by atoms with van der Waals surface area (Å²) in [5, 5.41) is 2.96. The number of rotatable bonds is 8. The van der Waals surface area contributed by atoms with Gasteiger partial charge in [-0.1, -0.05) is 54.6 Å². The van der Waals surface area contributed by atoms with Crippen LogP contribution in [0.5, 0.6) is 5.75 Å². The first-order chi connectivity index (χ1) is 13.6. The lowest BCUT2D eigenvalue weighted by Gasteiger charge is -2.14. The van der Waals surface area contributed by atoms with Gasteiger partial charge in [0.25, 0.3) is 5.91 Å². The summed E-state index contributed by atoms with van der Waals surface area (Å²) in [7, 11) is 4.08. The normalized spacial score (nSPS) is 10.7. The largest absolute Gasteiger partial charge is 0.491 e. The predicted molar refractivity (Wildman–Crippen MR) is 115 cm³/mol. The van der Waals surface area contributed by atoms with Crippen molar-refractivity contribution in [3.05, 3.63) is 84.4 Å². The number of hydrogen-bond donors (Lipinski definition) is 1. The average Bonchev–Trinajstić information content (AvgIpc) is 2.73. The number of anilines is 1. The number of nitrogens with one attached hydrogen (secondary N) is 1. The number of benzene rings is 3. The first kappa shape index (κ1) is 19.6. The Kier molecular flexibility index (Phi) is 6.82. The second kappa shape index (κ2) is 9.72. The number of nitrogens with zero attached hydrogens (tertiary/aromatic N) is 1. The molecule has 144 valence electrons. The molecule has 3 aromatic rings. The lowest BCUT2D eigenvalue weighted by Crippen LogP contribution is -2.16. The molecular weight excluding hydrogens is 348 g/mol. The molecule has 0 unspecified atom stereocenters. The molecule has 0 aliphatic heterocycles. The molecule has 0 aromatic heterocycles. The second-order valence-corrected chi connectivity index (χ2v) is 6.90. The highest BCUT2D eigenvalue weighted by atomic mass is 16.5. The Morgan fingerprint density at radius 1 is 0.857 bits per heavy atom. The molecule has 28 heavy (non-hydrogen) atoms. The van der Waals surface area contributed by atoms with Gasteiger partial charge < -0.3 is 15.0 Å². The maximum absolute atomic E-state index is 12.7. The maximum atomic E-state index is 12.7. The molecule has 0 atom stereocenters. The molecule has 1 amide bonds. The minimum atomic E-state index is -0.149. The lowest BCUT2D eigenvalue weighted by atomic mass is 10.0. The molecule has 0 saturated heterocycles. The average molecular weight is 374 g/mol. The SMILES string of the molecule is CN(C)CCCOc1ccccc1NC(=O)c1ccc(-c2ccccc2)cc1. The van der Waals surface area contributed by atoms with Crippen molar-refractivity contribution in [2.45, 2.75) is 6.42 Å². The Balaban J connectivity index is 1.64. The first-order valence-electron chi connectivity index (χ1n) is 9.47. The molecule has 3 rings (SSSR count). The third-order valence-electron chi connectivity index (χ3n) is 4.40. The summed E-state index contributed by atoms with van der Waals surface area (Å²) >= 11 is 0. The molecule has 0 aliphatic carbocycles. The maximum Gasteiger partial charge on any atom is 0.255 e. The Morgan fingerprint density at radius 3 is 2.21 bits per heavy atom. The summed E-state index contributed by atoms with van der Waals surface area (Å²) in [5.41, 5.74) is 3.51. The van der Waals surface area contributed by atoms with Gasteiger partial charge in [0.05, 0.1) is 12.3 Å². The minimum absolute atomic E-state index is 0.149. The van der Waals surface area contributed by atoms with Crippen molar-refractivity contribution in [1.29, 1.82) is 0 Å². The van der Waals surface area contributed by atoms with Gasteiger partial charge in [-0.2, -0.15) is 0 Å². The summed E-state index contributed by atoms with van der Waals surface area (Å²) in [5.74, 6) is 0.541. The van der Waals surface area contributed by atoms with Crippen molar-refractivity contribution in [2.24, 2.45) is 0 Å². The Labute approximate surface area is 166 Å². The molecule has 0 radical (unpaired) electrons. The highest BCUT2D eigenvalue weighted by Gasteiger charge is 2.10. The van der Waals surface area contributed by atoms with Crippen molar-refractivity contribution in [1.82, 2.24) is 4.90 Å². The van der Waals surface area contributed by atoms with Crippen LogP contribution in [0.15, 0.2) is 78.9 Å². The van der Waals surface area contributed by atoms with E-state index in [1.54, 1.807) is 0 Å². The molecule has 3 aromatic carbocycles. The molecule has 0 aliphatic rings. The molecule has 0 saturated carbocycles. The Morgan fingerprint density at radius 2 is 1.50 bits per heavy atom. The topological polar surface area (TPSA) is 41.6 Å². The van der Waals surface area contributed by atoms with Gasteiger partial charge in [0.2, 0.25) is 0 Å². The van der Waals surface area contributed by atoms with Crippen LogP contribution in [0.3, 0.4) is 0 Å². The van der Waals surface area contributed by atoms with E-state index in [9.17, 15) is 4.79 Å². The zero-order valence-corrected chi connectivity index (χ0v) is 16.4. The molecule has 0 bridgehead atoms. The van der Waals surface area contributed by atoms with Gasteiger partial charge in [0.1, 0.15) is 5.75 Å². The van der Waals surface area contributed by atoms with Gasteiger partial charge in [-0.15, -0.1) is 0 Å². The van der Waals surface area contributed by atoms with Crippen LogP contribution in [0, 0.1) is 0 Å². The third kappa shape index (κ3) is 5.44. The van der Waals surface area contributed by atoms with E-state index in [-0.39, 0.29) is 5.91 Å². The highest BCUT2D eigenvalue weighted by Crippen LogP contribution is 2.25. The van der Waals surface area contributed by atoms with Crippen molar-refractivity contribution in [3.8, 4) is 16.9 Å². The van der Waals surface area contributed by atoms with Gasteiger partial charge >= 0.3 is 0 Å². The number of hydrogen-bond acceptors (Lipinski definition) is 3. The summed E-state index contributed by atoms with van der Waals surface area (Å²) in [6, 6.07) is 25.3. The van der Waals surface area contributed by atoms with Crippen LogP contribution < -0.4 is 10.1 Å². The van der Waals surface area contributed by atoms with E-state index in [4.69, 9.17) is 4.74 Å². The molecule has 0 heterocycles. The van der Waals surface area contributed by atoms with E-state index in [1.165, 1.54) is 0 Å². The minimum Gasteiger partial charge on any atom is -0.491 e. The van der Waals surface area contributed by atoms with Crippen molar-refractivity contribution in [3.63, 3.8) is 0 Å². The van der Waals surface area contributed by atoms with E-state index in [0.29, 0.717) is 23.6 Å². The molecule has 4 heteroatoms. The number of carbonyl (C=O) groups excluding carboxylic acids is 1. The van der Waals surface area contributed by atoms with Gasteiger partial charge in [-0.05, 0) is 55.9 Å². The number of para-hydroxylation sites is 2. The fourth-order valence-corrected chi connectivity index (χ4v) is 2.90. The zero-order valence-electron chi connectivity index (χ0n) is 16.4.